The van der Waals surface area contributed by atoms with Crippen LogP contribution in [0.15, 0.2) is 36.7 Å². The molecule has 3 heterocycles. The summed E-state index contributed by atoms with van der Waals surface area (Å²) in [5.74, 6) is 0. The van der Waals surface area contributed by atoms with E-state index in [-0.39, 0.29) is 6.03 Å². The molecule has 1 aromatic carbocycles. The molecule has 1 spiro atoms. The average Bonchev–Trinajstić information content (AvgIpc) is 3.31. The molecule has 0 saturated carbocycles. The number of amides is 2. The molecule has 2 aliphatic rings. The maximum atomic E-state index is 12.4. The second-order valence-corrected chi connectivity index (χ2v) is 6.42. The molecule has 7 nitrogen and oxygen atoms in total. The number of nitrogens with one attached hydrogen (secondary N) is 2. The monoisotopic (exact) mass is 312 g/mol. The number of likely N-dealkylation sites (tertiary alicyclic amines) is 1. The van der Waals surface area contributed by atoms with Crippen molar-refractivity contribution in [3.63, 3.8) is 0 Å². The minimum atomic E-state index is -0.0118. The molecule has 1 atom stereocenters. The molecule has 1 aromatic heterocycles. The summed E-state index contributed by atoms with van der Waals surface area (Å²) >= 11 is 0. The molecule has 2 amide bonds. The summed E-state index contributed by atoms with van der Waals surface area (Å²) in [7, 11) is 0. The summed E-state index contributed by atoms with van der Waals surface area (Å²) in [5.41, 5.74) is 2.01. The van der Waals surface area contributed by atoms with Crippen molar-refractivity contribution in [1.29, 1.82) is 0 Å². The lowest BCUT2D eigenvalue weighted by Crippen LogP contribution is -2.36. The third-order valence-electron chi connectivity index (χ3n) is 4.86. The van der Waals surface area contributed by atoms with Gasteiger partial charge in [0.05, 0.1) is 18.1 Å². The Morgan fingerprint density at radius 2 is 2.13 bits per heavy atom. The molecule has 0 radical (unpaired) electrons. The van der Waals surface area contributed by atoms with Crippen molar-refractivity contribution in [3.8, 4) is 5.69 Å². The lowest BCUT2D eigenvalue weighted by atomic mass is 9.87. The molecular formula is C16H20N6O. The van der Waals surface area contributed by atoms with E-state index < -0.39 is 0 Å². The average molecular weight is 312 g/mol. The third-order valence-corrected chi connectivity index (χ3v) is 4.86. The van der Waals surface area contributed by atoms with Gasteiger partial charge in [-0.05, 0) is 43.7 Å². The zero-order chi connectivity index (χ0) is 15.7. The van der Waals surface area contributed by atoms with Crippen LogP contribution in [-0.4, -0.2) is 52.1 Å². The van der Waals surface area contributed by atoms with Gasteiger partial charge in [-0.25, -0.2) is 9.48 Å². The van der Waals surface area contributed by atoms with Crippen LogP contribution < -0.4 is 10.6 Å². The Morgan fingerprint density at radius 1 is 1.26 bits per heavy atom. The fourth-order valence-corrected chi connectivity index (χ4v) is 3.50. The van der Waals surface area contributed by atoms with Gasteiger partial charge in [0.15, 0.2) is 0 Å². The van der Waals surface area contributed by atoms with Crippen LogP contribution in [0.1, 0.15) is 12.8 Å². The SMILES string of the molecule is O=C(Nc1ccc(-n2ccnn2)cc1)N1CCC2(CCNC2)C1. The van der Waals surface area contributed by atoms with Crippen LogP contribution in [0.3, 0.4) is 0 Å². The Hall–Kier alpha value is -2.41. The number of carbonyl (C=O) groups excluding carboxylic acids is 1. The number of anilines is 1. The summed E-state index contributed by atoms with van der Waals surface area (Å²) in [6, 6.07) is 7.59. The van der Waals surface area contributed by atoms with Crippen LogP contribution in [0.5, 0.6) is 0 Å². The Bertz CT molecular complexity index is 675. The van der Waals surface area contributed by atoms with Crippen LogP contribution in [0.2, 0.25) is 0 Å². The van der Waals surface area contributed by atoms with E-state index in [2.05, 4.69) is 20.9 Å². The topological polar surface area (TPSA) is 75.1 Å². The normalized spacial score (nSPS) is 23.6. The van der Waals surface area contributed by atoms with Gasteiger partial charge in [0, 0.05) is 30.7 Å². The largest absolute Gasteiger partial charge is 0.324 e. The standard InChI is InChI=1S/C16H20N6O/c23-15(21-9-6-16(12-21)5-7-17-11-16)19-13-1-3-14(4-2-13)22-10-8-18-20-22/h1-4,8,10,17H,5-7,9,11-12H2,(H,19,23). The number of aromatic nitrogens is 3. The molecule has 0 aliphatic carbocycles. The summed E-state index contributed by atoms with van der Waals surface area (Å²) in [4.78, 5) is 14.4. The van der Waals surface area contributed by atoms with Crippen molar-refractivity contribution in [2.75, 3.05) is 31.5 Å². The molecular weight excluding hydrogens is 292 g/mol. The molecule has 2 N–H and O–H groups in total. The number of hydrogen-bond acceptors (Lipinski definition) is 4. The predicted octanol–water partition coefficient (Wildman–Crippen LogP) is 1.48. The molecule has 2 aliphatic heterocycles. The lowest BCUT2D eigenvalue weighted by Gasteiger charge is -2.23. The highest BCUT2D eigenvalue weighted by Gasteiger charge is 2.41. The van der Waals surface area contributed by atoms with Gasteiger partial charge in [0.25, 0.3) is 0 Å². The van der Waals surface area contributed by atoms with Crippen molar-refractivity contribution in [1.82, 2.24) is 25.2 Å². The maximum absolute atomic E-state index is 12.4. The van der Waals surface area contributed by atoms with Crippen molar-refractivity contribution in [2.24, 2.45) is 5.41 Å². The number of carbonyl (C=O) groups is 1. The van der Waals surface area contributed by atoms with Gasteiger partial charge in [0.2, 0.25) is 0 Å². The van der Waals surface area contributed by atoms with Crippen molar-refractivity contribution in [2.45, 2.75) is 12.8 Å². The lowest BCUT2D eigenvalue weighted by molar-refractivity contribution is 0.215. The van der Waals surface area contributed by atoms with E-state index in [0.29, 0.717) is 5.41 Å². The molecule has 7 heteroatoms. The predicted molar refractivity (Wildman–Crippen MR) is 86.5 cm³/mol. The highest BCUT2D eigenvalue weighted by Crippen LogP contribution is 2.36. The second-order valence-electron chi connectivity index (χ2n) is 6.42. The van der Waals surface area contributed by atoms with E-state index in [4.69, 9.17) is 0 Å². The van der Waals surface area contributed by atoms with E-state index in [1.165, 1.54) is 6.42 Å². The number of nitrogens with zero attached hydrogens (tertiary/aromatic N) is 4. The highest BCUT2D eigenvalue weighted by molar-refractivity contribution is 5.89. The molecule has 2 saturated heterocycles. The minimum Gasteiger partial charge on any atom is -0.324 e. The van der Waals surface area contributed by atoms with Crippen LogP contribution >= 0.6 is 0 Å². The minimum absolute atomic E-state index is 0.0118. The van der Waals surface area contributed by atoms with Crippen molar-refractivity contribution < 1.29 is 4.79 Å². The second kappa shape index (κ2) is 5.66. The molecule has 23 heavy (non-hydrogen) atoms. The van der Waals surface area contributed by atoms with Gasteiger partial charge in [-0.2, -0.15) is 0 Å². The fraction of sp³-hybridized carbons (Fsp3) is 0.438. The van der Waals surface area contributed by atoms with Crippen LogP contribution in [0.25, 0.3) is 5.69 Å². The summed E-state index contributed by atoms with van der Waals surface area (Å²) in [6.45, 7) is 3.79. The van der Waals surface area contributed by atoms with E-state index in [1.807, 2.05) is 29.2 Å². The number of urea groups is 1. The summed E-state index contributed by atoms with van der Waals surface area (Å²) < 4.78 is 1.68. The molecule has 2 fully saturated rings. The summed E-state index contributed by atoms with van der Waals surface area (Å²) in [5, 5.41) is 14.1. The van der Waals surface area contributed by atoms with Crippen molar-refractivity contribution >= 4 is 11.7 Å². The van der Waals surface area contributed by atoms with Crippen LogP contribution in [0, 0.1) is 5.41 Å². The van der Waals surface area contributed by atoms with Crippen LogP contribution in [-0.2, 0) is 0 Å². The Kier molecular flexibility index (Phi) is 3.49. The number of benzene rings is 1. The first kappa shape index (κ1) is 14.2. The van der Waals surface area contributed by atoms with E-state index >= 15 is 0 Å². The van der Waals surface area contributed by atoms with Gasteiger partial charge in [-0.15, -0.1) is 5.10 Å². The molecule has 2 aromatic rings. The van der Waals surface area contributed by atoms with E-state index in [0.717, 1.165) is 44.0 Å². The molecule has 4 rings (SSSR count). The van der Waals surface area contributed by atoms with E-state index in [9.17, 15) is 4.79 Å². The zero-order valence-corrected chi connectivity index (χ0v) is 12.9. The summed E-state index contributed by atoms with van der Waals surface area (Å²) in [6.07, 6.45) is 5.69. The first-order valence-corrected chi connectivity index (χ1v) is 7.98. The number of hydrogen-bond donors (Lipinski definition) is 2. The molecule has 0 bridgehead atoms. The highest BCUT2D eigenvalue weighted by atomic mass is 16.2. The maximum Gasteiger partial charge on any atom is 0.321 e. The van der Waals surface area contributed by atoms with Gasteiger partial charge in [0.1, 0.15) is 0 Å². The van der Waals surface area contributed by atoms with Gasteiger partial charge < -0.3 is 15.5 Å². The van der Waals surface area contributed by atoms with E-state index in [1.54, 1.807) is 17.1 Å². The quantitative estimate of drug-likeness (QED) is 0.881. The zero-order valence-electron chi connectivity index (χ0n) is 12.9. The molecule has 1 unspecified atom stereocenters. The van der Waals surface area contributed by atoms with Gasteiger partial charge in [-0.1, -0.05) is 5.21 Å². The first-order chi connectivity index (χ1) is 11.2. The Balaban J connectivity index is 1.39. The smallest absolute Gasteiger partial charge is 0.321 e. The third kappa shape index (κ3) is 2.79. The first-order valence-electron chi connectivity index (χ1n) is 7.98. The Morgan fingerprint density at radius 3 is 2.83 bits per heavy atom. The van der Waals surface area contributed by atoms with Crippen molar-refractivity contribution in [3.05, 3.63) is 36.7 Å². The fourth-order valence-electron chi connectivity index (χ4n) is 3.50. The molecule has 120 valence electrons. The van der Waals surface area contributed by atoms with Gasteiger partial charge in [-0.3, -0.25) is 0 Å². The van der Waals surface area contributed by atoms with Crippen LogP contribution in [0.4, 0.5) is 10.5 Å². The number of rotatable bonds is 2. The Labute approximate surface area is 134 Å². The van der Waals surface area contributed by atoms with Gasteiger partial charge >= 0.3 is 6.03 Å².